The molecular weight excluding hydrogens is 348 g/mol. The van der Waals surface area contributed by atoms with Gasteiger partial charge in [-0.3, -0.25) is 0 Å². The van der Waals surface area contributed by atoms with E-state index in [4.69, 9.17) is 0 Å². The molecule has 7 heteroatoms. The molecule has 0 aromatic carbocycles. The second-order valence-electron chi connectivity index (χ2n) is 4.46. The van der Waals surface area contributed by atoms with Gasteiger partial charge in [0.1, 0.15) is 4.90 Å². The van der Waals surface area contributed by atoms with Crippen molar-refractivity contribution in [3.8, 4) is 0 Å². The summed E-state index contributed by atoms with van der Waals surface area (Å²) in [5.74, 6) is 0. The lowest BCUT2D eigenvalue weighted by molar-refractivity contribution is 0.499. The first kappa shape index (κ1) is 16.8. The van der Waals surface area contributed by atoms with Gasteiger partial charge in [-0.2, -0.15) is 4.31 Å². The van der Waals surface area contributed by atoms with Crippen molar-refractivity contribution in [3.05, 3.63) is 27.4 Å². The van der Waals surface area contributed by atoms with Crippen molar-refractivity contribution in [2.24, 2.45) is 0 Å². The summed E-state index contributed by atoms with van der Waals surface area (Å²) < 4.78 is 26.6. The fourth-order valence-electron chi connectivity index (χ4n) is 1.41. The summed E-state index contributed by atoms with van der Waals surface area (Å²) in [5, 5.41) is 3.27. The molecule has 0 unspecified atom stereocenters. The Morgan fingerprint density at radius 1 is 1.58 bits per heavy atom. The molecule has 0 saturated carbocycles. The SMILES string of the molecule is C=CCN(C)S(=O)(=O)c1cc(CNC(C)C)sc1Br. The van der Waals surface area contributed by atoms with Crippen molar-refractivity contribution in [3.63, 3.8) is 0 Å². The van der Waals surface area contributed by atoms with Crippen molar-refractivity contribution >= 4 is 37.3 Å². The fraction of sp³-hybridized carbons (Fsp3) is 0.500. The molecular formula is C12H19BrN2O2S2. The standard InChI is InChI=1S/C12H19BrN2O2S2/c1-5-6-15(4)19(16,17)11-7-10(18-12(11)13)8-14-9(2)3/h5,7,9,14H,1,6,8H2,2-4H3. The summed E-state index contributed by atoms with van der Waals surface area (Å²) in [7, 11) is -1.90. The van der Waals surface area contributed by atoms with Crippen LogP contribution in [0.2, 0.25) is 0 Å². The predicted molar refractivity (Wildman–Crippen MR) is 84.0 cm³/mol. The van der Waals surface area contributed by atoms with E-state index in [1.165, 1.54) is 15.6 Å². The minimum atomic E-state index is -3.45. The van der Waals surface area contributed by atoms with Crippen LogP contribution in [-0.2, 0) is 16.6 Å². The van der Waals surface area contributed by atoms with Crippen LogP contribution >= 0.6 is 27.3 Å². The molecule has 1 aromatic rings. The van der Waals surface area contributed by atoms with Gasteiger partial charge in [0, 0.05) is 31.1 Å². The summed E-state index contributed by atoms with van der Waals surface area (Å²) in [6, 6.07) is 2.09. The van der Waals surface area contributed by atoms with Crippen LogP contribution in [-0.4, -0.2) is 32.4 Å². The predicted octanol–water partition coefficient (Wildman–Crippen LogP) is 2.82. The van der Waals surface area contributed by atoms with Gasteiger partial charge in [-0.25, -0.2) is 8.42 Å². The summed E-state index contributed by atoms with van der Waals surface area (Å²) in [6.07, 6.45) is 1.57. The van der Waals surface area contributed by atoms with Crippen LogP contribution < -0.4 is 5.32 Å². The van der Waals surface area contributed by atoms with Gasteiger partial charge in [0.2, 0.25) is 10.0 Å². The minimum Gasteiger partial charge on any atom is -0.310 e. The average molecular weight is 367 g/mol. The van der Waals surface area contributed by atoms with E-state index in [-0.39, 0.29) is 0 Å². The molecule has 0 aliphatic rings. The monoisotopic (exact) mass is 366 g/mol. The van der Waals surface area contributed by atoms with Crippen LogP contribution in [0.5, 0.6) is 0 Å². The molecule has 0 amide bonds. The van der Waals surface area contributed by atoms with E-state index in [1.54, 1.807) is 19.2 Å². The van der Waals surface area contributed by atoms with E-state index in [0.717, 1.165) is 4.88 Å². The largest absolute Gasteiger partial charge is 0.310 e. The van der Waals surface area contributed by atoms with Crippen molar-refractivity contribution in [1.82, 2.24) is 9.62 Å². The number of hydrogen-bond acceptors (Lipinski definition) is 4. The molecule has 0 fully saturated rings. The van der Waals surface area contributed by atoms with Gasteiger partial charge in [0.15, 0.2) is 0 Å². The Hall–Kier alpha value is -0.210. The first-order chi connectivity index (χ1) is 8.78. The Labute approximate surface area is 127 Å². The van der Waals surface area contributed by atoms with E-state index in [1.807, 2.05) is 0 Å². The quantitative estimate of drug-likeness (QED) is 0.754. The first-order valence-corrected chi connectivity index (χ1v) is 8.92. The molecule has 0 atom stereocenters. The maximum Gasteiger partial charge on any atom is 0.245 e. The number of sulfonamides is 1. The highest BCUT2D eigenvalue weighted by molar-refractivity contribution is 9.11. The highest BCUT2D eigenvalue weighted by Gasteiger charge is 2.24. The summed E-state index contributed by atoms with van der Waals surface area (Å²) >= 11 is 4.78. The number of hydrogen-bond donors (Lipinski definition) is 1. The van der Waals surface area contributed by atoms with Crippen LogP contribution in [0.25, 0.3) is 0 Å². The number of thiophene rings is 1. The van der Waals surface area contributed by atoms with E-state index < -0.39 is 10.0 Å². The van der Waals surface area contributed by atoms with Crippen LogP contribution in [0.3, 0.4) is 0 Å². The molecule has 1 N–H and O–H groups in total. The smallest absolute Gasteiger partial charge is 0.245 e. The van der Waals surface area contributed by atoms with Gasteiger partial charge in [0.05, 0.1) is 3.79 Å². The highest BCUT2D eigenvalue weighted by Crippen LogP contribution is 2.33. The van der Waals surface area contributed by atoms with Crippen LogP contribution in [0.4, 0.5) is 0 Å². The molecule has 1 rings (SSSR count). The third-order valence-corrected chi connectivity index (χ3v) is 6.54. The Kier molecular flexibility index (Phi) is 6.19. The van der Waals surface area contributed by atoms with Crippen LogP contribution in [0.1, 0.15) is 18.7 Å². The highest BCUT2D eigenvalue weighted by atomic mass is 79.9. The topological polar surface area (TPSA) is 49.4 Å². The first-order valence-electron chi connectivity index (χ1n) is 5.88. The molecule has 0 aliphatic heterocycles. The van der Waals surface area contributed by atoms with Crippen molar-refractivity contribution < 1.29 is 8.42 Å². The van der Waals surface area contributed by atoms with Crippen molar-refractivity contribution in [2.75, 3.05) is 13.6 Å². The number of halogens is 1. The Balaban J connectivity index is 2.98. The maximum absolute atomic E-state index is 12.3. The zero-order valence-electron chi connectivity index (χ0n) is 11.3. The summed E-state index contributed by atoms with van der Waals surface area (Å²) in [5.41, 5.74) is 0. The number of nitrogens with one attached hydrogen (secondary N) is 1. The molecule has 0 saturated heterocycles. The van der Waals surface area contributed by atoms with Crippen molar-refractivity contribution in [1.29, 1.82) is 0 Å². The molecule has 1 heterocycles. The molecule has 0 spiro atoms. The van der Waals surface area contributed by atoms with Gasteiger partial charge in [-0.05, 0) is 22.0 Å². The fourth-order valence-corrected chi connectivity index (χ4v) is 5.13. The maximum atomic E-state index is 12.3. The van der Waals surface area contributed by atoms with Gasteiger partial charge in [0.25, 0.3) is 0 Å². The third-order valence-electron chi connectivity index (χ3n) is 2.47. The van der Waals surface area contributed by atoms with E-state index in [9.17, 15) is 8.42 Å². The Bertz CT molecular complexity index is 538. The van der Waals surface area contributed by atoms with Crippen LogP contribution in [0, 0.1) is 0 Å². The Morgan fingerprint density at radius 3 is 2.74 bits per heavy atom. The molecule has 0 bridgehead atoms. The van der Waals surface area contributed by atoms with Gasteiger partial charge >= 0.3 is 0 Å². The number of likely N-dealkylation sites (N-methyl/N-ethyl adjacent to an activating group) is 1. The molecule has 19 heavy (non-hydrogen) atoms. The number of nitrogens with zero attached hydrogens (tertiary/aromatic N) is 1. The van der Waals surface area contributed by atoms with Crippen molar-refractivity contribution in [2.45, 2.75) is 31.3 Å². The second kappa shape index (κ2) is 6.99. The lowest BCUT2D eigenvalue weighted by atomic mass is 10.4. The zero-order valence-corrected chi connectivity index (χ0v) is 14.5. The molecule has 1 aromatic heterocycles. The lowest BCUT2D eigenvalue weighted by Gasteiger charge is -2.14. The average Bonchev–Trinajstić information content (AvgIpc) is 2.69. The molecule has 108 valence electrons. The van der Waals surface area contributed by atoms with E-state index in [2.05, 4.69) is 41.7 Å². The van der Waals surface area contributed by atoms with E-state index in [0.29, 0.717) is 27.8 Å². The second-order valence-corrected chi connectivity index (χ2v) is 8.93. The molecule has 0 aliphatic carbocycles. The lowest BCUT2D eigenvalue weighted by Crippen LogP contribution is -2.27. The third kappa shape index (κ3) is 4.39. The summed E-state index contributed by atoms with van der Waals surface area (Å²) in [6.45, 7) is 8.63. The Morgan fingerprint density at radius 2 is 2.21 bits per heavy atom. The van der Waals surface area contributed by atoms with Gasteiger partial charge in [-0.1, -0.05) is 19.9 Å². The molecule has 0 radical (unpaired) electrons. The zero-order chi connectivity index (χ0) is 14.6. The van der Waals surface area contributed by atoms with Gasteiger partial charge in [-0.15, -0.1) is 17.9 Å². The van der Waals surface area contributed by atoms with E-state index >= 15 is 0 Å². The van der Waals surface area contributed by atoms with Gasteiger partial charge < -0.3 is 5.32 Å². The van der Waals surface area contributed by atoms with Crippen LogP contribution in [0.15, 0.2) is 27.4 Å². The summed E-state index contributed by atoms with van der Waals surface area (Å²) in [4.78, 5) is 1.31. The number of rotatable bonds is 7. The minimum absolute atomic E-state index is 0.296. The molecule has 4 nitrogen and oxygen atoms in total. The normalized spacial score (nSPS) is 12.3.